The molecule has 1 saturated heterocycles. The molecule has 0 spiro atoms. The summed E-state index contributed by atoms with van der Waals surface area (Å²) in [4.78, 5) is 3.95. The fraction of sp³-hybridized carbons (Fsp3) is 0.462. The van der Waals surface area contributed by atoms with Gasteiger partial charge >= 0.3 is 6.18 Å². The zero-order chi connectivity index (χ0) is 23.2. The largest absolute Gasteiger partial charge is 0.416 e. The predicted octanol–water partition coefficient (Wildman–Crippen LogP) is 6.76. The van der Waals surface area contributed by atoms with Crippen molar-refractivity contribution >= 4 is 17.3 Å². The van der Waals surface area contributed by atoms with Crippen molar-refractivity contribution in [3.8, 4) is 0 Å². The molecule has 0 amide bonds. The first-order valence-electron chi connectivity index (χ1n) is 11.6. The third-order valence-electron chi connectivity index (χ3n) is 7.15. The van der Waals surface area contributed by atoms with E-state index in [0.717, 1.165) is 90.7 Å². The van der Waals surface area contributed by atoms with Gasteiger partial charge in [0, 0.05) is 29.4 Å². The van der Waals surface area contributed by atoms with E-state index in [9.17, 15) is 22.7 Å². The highest BCUT2D eigenvalue weighted by atomic mass is 32.2. The van der Waals surface area contributed by atoms with Gasteiger partial charge in [-0.2, -0.15) is 13.2 Å². The second-order valence-corrected chi connectivity index (χ2v) is 10.5. The number of benzene rings is 2. The highest BCUT2D eigenvalue weighted by Crippen LogP contribution is 2.49. The van der Waals surface area contributed by atoms with Crippen LogP contribution in [0.5, 0.6) is 0 Å². The van der Waals surface area contributed by atoms with E-state index in [2.05, 4.69) is 4.90 Å². The third-order valence-corrected chi connectivity index (χ3v) is 8.29. The maximum atomic E-state index is 14.0. The molecule has 1 aliphatic carbocycles. The molecule has 0 aromatic heterocycles. The number of hydrogen-bond donors (Lipinski definition) is 1. The molecule has 2 aromatic carbocycles. The lowest BCUT2D eigenvalue weighted by atomic mass is 9.85. The van der Waals surface area contributed by atoms with Gasteiger partial charge in [0.15, 0.2) is 0 Å². The SMILES string of the molecule is OC1CCC(CN2CCC(=C3c4ccc(F)cc4Sc4ccc(C(F)(F)F)cc43)CC2)CC1. The van der Waals surface area contributed by atoms with Crippen molar-refractivity contribution in [1.82, 2.24) is 4.90 Å². The van der Waals surface area contributed by atoms with Gasteiger partial charge in [-0.1, -0.05) is 23.4 Å². The molecule has 3 aliphatic rings. The smallest absolute Gasteiger partial charge is 0.393 e. The summed E-state index contributed by atoms with van der Waals surface area (Å²) in [6.45, 7) is 2.76. The summed E-state index contributed by atoms with van der Waals surface area (Å²) in [6.07, 6.45) is 0.868. The van der Waals surface area contributed by atoms with Crippen molar-refractivity contribution in [3.63, 3.8) is 0 Å². The van der Waals surface area contributed by atoms with Crippen LogP contribution in [0.1, 0.15) is 55.2 Å². The van der Waals surface area contributed by atoms with Crippen molar-refractivity contribution in [2.75, 3.05) is 19.6 Å². The minimum Gasteiger partial charge on any atom is -0.393 e. The Labute approximate surface area is 195 Å². The van der Waals surface area contributed by atoms with Gasteiger partial charge < -0.3 is 10.0 Å². The molecule has 5 rings (SSSR count). The Morgan fingerprint density at radius 3 is 2.33 bits per heavy atom. The second-order valence-electron chi connectivity index (χ2n) is 9.40. The molecule has 0 bridgehead atoms. The van der Waals surface area contributed by atoms with Crippen molar-refractivity contribution < 1.29 is 22.7 Å². The third kappa shape index (κ3) is 4.86. The van der Waals surface area contributed by atoms with E-state index in [-0.39, 0.29) is 11.9 Å². The Balaban J connectivity index is 1.44. The minimum atomic E-state index is -4.41. The number of aliphatic hydroxyl groups is 1. The van der Waals surface area contributed by atoms with Crippen LogP contribution < -0.4 is 0 Å². The van der Waals surface area contributed by atoms with E-state index < -0.39 is 11.7 Å². The Morgan fingerprint density at radius 2 is 1.64 bits per heavy atom. The van der Waals surface area contributed by atoms with Gasteiger partial charge in [0.05, 0.1) is 11.7 Å². The topological polar surface area (TPSA) is 23.5 Å². The van der Waals surface area contributed by atoms with Crippen LogP contribution in [0, 0.1) is 11.7 Å². The van der Waals surface area contributed by atoms with Gasteiger partial charge in [-0.05, 0) is 91.5 Å². The first-order valence-corrected chi connectivity index (χ1v) is 12.4. The molecule has 2 aromatic rings. The summed E-state index contributed by atoms with van der Waals surface area (Å²) in [7, 11) is 0. The highest BCUT2D eigenvalue weighted by molar-refractivity contribution is 7.99. The summed E-state index contributed by atoms with van der Waals surface area (Å²) in [5.41, 5.74) is 2.79. The van der Waals surface area contributed by atoms with Gasteiger partial charge in [0.25, 0.3) is 0 Å². The van der Waals surface area contributed by atoms with Crippen molar-refractivity contribution in [2.24, 2.45) is 5.92 Å². The van der Waals surface area contributed by atoms with Crippen LogP contribution in [-0.4, -0.2) is 35.7 Å². The lowest BCUT2D eigenvalue weighted by Gasteiger charge is -2.35. The summed E-state index contributed by atoms with van der Waals surface area (Å²) < 4.78 is 54.4. The van der Waals surface area contributed by atoms with Crippen LogP contribution in [0.3, 0.4) is 0 Å². The lowest BCUT2D eigenvalue weighted by Crippen LogP contribution is -2.36. The minimum absolute atomic E-state index is 0.158. The quantitative estimate of drug-likeness (QED) is 0.413. The van der Waals surface area contributed by atoms with Gasteiger partial charge in [0.2, 0.25) is 0 Å². The normalized spacial score (nSPS) is 23.9. The Morgan fingerprint density at radius 1 is 0.909 bits per heavy atom. The molecule has 33 heavy (non-hydrogen) atoms. The van der Waals surface area contributed by atoms with Crippen molar-refractivity contribution in [1.29, 1.82) is 0 Å². The average Bonchev–Trinajstić information content (AvgIpc) is 2.78. The van der Waals surface area contributed by atoms with E-state index in [0.29, 0.717) is 11.5 Å². The second kappa shape index (κ2) is 9.08. The van der Waals surface area contributed by atoms with E-state index in [1.807, 2.05) is 0 Å². The Hall–Kier alpha value is -1.83. The monoisotopic (exact) mass is 477 g/mol. The highest BCUT2D eigenvalue weighted by Gasteiger charge is 2.34. The van der Waals surface area contributed by atoms with E-state index in [1.54, 1.807) is 6.07 Å². The molecular weight excluding hydrogens is 450 g/mol. The van der Waals surface area contributed by atoms with Gasteiger partial charge in [-0.3, -0.25) is 0 Å². The number of nitrogens with zero attached hydrogens (tertiary/aromatic N) is 1. The molecule has 7 heteroatoms. The van der Waals surface area contributed by atoms with Gasteiger partial charge in [-0.15, -0.1) is 0 Å². The number of piperidine rings is 1. The summed E-state index contributed by atoms with van der Waals surface area (Å²) >= 11 is 1.34. The summed E-state index contributed by atoms with van der Waals surface area (Å²) in [5, 5.41) is 9.74. The van der Waals surface area contributed by atoms with E-state index >= 15 is 0 Å². The van der Waals surface area contributed by atoms with Crippen LogP contribution in [0.25, 0.3) is 5.57 Å². The van der Waals surface area contributed by atoms with Crippen LogP contribution in [0.4, 0.5) is 17.6 Å². The van der Waals surface area contributed by atoms with Crippen LogP contribution in [-0.2, 0) is 6.18 Å². The fourth-order valence-electron chi connectivity index (χ4n) is 5.37. The molecule has 176 valence electrons. The number of fused-ring (bicyclic) bond motifs is 2. The number of alkyl halides is 3. The van der Waals surface area contributed by atoms with Crippen LogP contribution >= 0.6 is 11.8 Å². The molecule has 2 aliphatic heterocycles. The lowest BCUT2D eigenvalue weighted by molar-refractivity contribution is -0.137. The number of likely N-dealkylation sites (tertiary alicyclic amines) is 1. The number of hydrogen-bond acceptors (Lipinski definition) is 3. The van der Waals surface area contributed by atoms with Gasteiger partial charge in [-0.25, -0.2) is 4.39 Å². The molecule has 0 atom stereocenters. The van der Waals surface area contributed by atoms with Crippen molar-refractivity contribution in [3.05, 3.63) is 64.5 Å². The number of halogens is 4. The summed E-state index contributed by atoms with van der Waals surface area (Å²) in [6, 6.07) is 8.48. The van der Waals surface area contributed by atoms with Crippen molar-refractivity contribution in [2.45, 2.75) is 60.6 Å². The molecular formula is C26H27F4NOS. The maximum Gasteiger partial charge on any atom is 0.416 e. The van der Waals surface area contributed by atoms with E-state index in [1.165, 1.54) is 36.0 Å². The zero-order valence-corrected chi connectivity index (χ0v) is 19.1. The van der Waals surface area contributed by atoms with E-state index in [4.69, 9.17) is 0 Å². The molecule has 2 fully saturated rings. The molecule has 1 N–H and O–H groups in total. The van der Waals surface area contributed by atoms with Crippen LogP contribution in [0.2, 0.25) is 0 Å². The maximum absolute atomic E-state index is 14.0. The molecule has 1 saturated carbocycles. The van der Waals surface area contributed by atoms with Crippen LogP contribution in [0.15, 0.2) is 51.8 Å². The Kier molecular flexibility index (Phi) is 6.31. The fourth-order valence-corrected chi connectivity index (χ4v) is 6.47. The summed E-state index contributed by atoms with van der Waals surface area (Å²) in [5.74, 6) is 0.265. The first-order chi connectivity index (χ1) is 15.8. The zero-order valence-electron chi connectivity index (χ0n) is 18.3. The Bertz CT molecular complexity index is 1060. The molecule has 0 unspecified atom stereocenters. The first kappa shape index (κ1) is 22.9. The predicted molar refractivity (Wildman–Crippen MR) is 122 cm³/mol. The number of rotatable bonds is 2. The molecule has 0 radical (unpaired) electrons. The molecule has 2 nitrogen and oxygen atoms in total. The van der Waals surface area contributed by atoms with Gasteiger partial charge in [0.1, 0.15) is 5.82 Å². The molecule has 2 heterocycles. The number of aliphatic hydroxyl groups excluding tert-OH is 1. The average molecular weight is 478 g/mol. The standard InChI is InChI=1S/C26H27F4NOS/c27-19-4-7-21-24(14-19)33-23-8-3-18(26(28,29)30)13-22(23)25(21)17-9-11-31(12-10-17)15-16-1-5-20(32)6-2-16/h3-4,7-8,13-14,16,20,32H,1-2,5-6,9-12,15H2.